The zero-order valence-corrected chi connectivity index (χ0v) is 18.4. The smallest absolute Gasteiger partial charge is 0.262 e. The lowest BCUT2D eigenvalue weighted by molar-refractivity contribution is 0.391. The van der Waals surface area contributed by atoms with Crippen LogP contribution in [0.4, 0.5) is 10.1 Å². The molecule has 1 N–H and O–H groups in total. The summed E-state index contributed by atoms with van der Waals surface area (Å²) in [6.07, 6.45) is 0.533. The minimum absolute atomic E-state index is 0.0140. The van der Waals surface area contributed by atoms with Crippen molar-refractivity contribution in [2.45, 2.75) is 29.7 Å². The summed E-state index contributed by atoms with van der Waals surface area (Å²) in [6, 6.07) is 16.8. The molecular weight excluding hydrogens is 439 g/mol. The van der Waals surface area contributed by atoms with Gasteiger partial charge in [0, 0.05) is 18.8 Å². The van der Waals surface area contributed by atoms with Gasteiger partial charge >= 0.3 is 0 Å². The van der Waals surface area contributed by atoms with E-state index in [0.29, 0.717) is 24.2 Å². The van der Waals surface area contributed by atoms with E-state index in [-0.39, 0.29) is 16.3 Å². The second-order valence-corrected chi connectivity index (χ2v) is 11.0. The molecule has 4 rings (SSSR count). The lowest BCUT2D eigenvalue weighted by atomic mass is 10.0. The van der Waals surface area contributed by atoms with Gasteiger partial charge in [-0.3, -0.25) is 4.72 Å². The number of aryl methyl sites for hydroxylation is 1. The van der Waals surface area contributed by atoms with Gasteiger partial charge in [-0.25, -0.2) is 21.2 Å². The molecule has 0 saturated carbocycles. The molecule has 0 aromatic heterocycles. The molecule has 6 nitrogen and oxygen atoms in total. The van der Waals surface area contributed by atoms with Gasteiger partial charge in [-0.05, 0) is 72.5 Å². The fourth-order valence-electron chi connectivity index (χ4n) is 3.67. The fourth-order valence-corrected chi connectivity index (χ4v) is 6.38. The van der Waals surface area contributed by atoms with E-state index in [2.05, 4.69) is 4.72 Å². The van der Waals surface area contributed by atoms with Gasteiger partial charge in [0.2, 0.25) is 10.0 Å². The van der Waals surface area contributed by atoms with Crippen LogP contribution in [0.2, 0.25) is 0 Å². The highest BCUT2D eigenvalue weighted by molar-refractivity contribution is 7.92. The zero-order chi connectivity index (χ0) is 22.2. The molecule has 0 atom stereocenters. The highest BCUT2D eigenvalue weighted by Gasteiger charge is 2.28. The summed E-state index contributed by atoms with van der Waals surface area (Å²) in [5, 5.41) is 0. The van der Waals surface area contributed by atoms with E-state index >= 15 is 0 Å². The molecule has 0 saturated heterocycles. The summed E-state index contributed by atoms with van der Waals surface area (Å²) in [6.45, 7) is 2.03. The van der Waals surface area contributed by atoms with Crippen molar-refractivity contribution < 1.29 is 21.2 Å². The quantitative estimate of drug-likeness (QED) is 0.630. The molecule has 0 aliphatic carbocycles. The van der Waals surface area contributed by atoms with Gasteiger partial charge in [-0.15, -0.1) is 0 Å². The number of hydrogen-bond donors (Lipinski definition) is 1. The van der Waals surface area contributed by atoms with Crippen LogP contribution < -0.4 is 4.72 Å². The molecule has 0 radical (unpaired) electrons. The topological polar surface area (TPSA) is 83.6 Å². The van der Waals surface area contributed by atoms with E-state index in [9.17, 15) is 21.2 Å². The van der Waals surface area contributed by atoms with Gasteiger partial charge in [-0.1, -0.05) is 24.3 Å². The van der Waals surface area contributed by atoms with Gasteiger partial charge in [-0.2, -0.15) is 4.31 Å². The third kappa shape index (κ3) is 4.34. The first-order chi connectivity index (χ1) is 14.7. The molecule has 1 heterocycles. The van der Waals surface area contributed by atoms with Crippen molar-refractivity contribution >= 4 is 25.7 Å². The molecule has 3 aromatic rings. The van der Waals surface area contributed by atoms with Crippen molar-refractivity contribution in [2.24, 2.45) is 0 Å². The standard InChI is InChI=1S/C22H21FN2O4S2/c1-16-13-19(23)8-10-22(16)30(26,27)24-20-9-7-17-11-12-25(15-18(17)14-20)31(28,29)21-5-3-2-4-6-21/h2-10,13-14,24H,11-12,15H2,1H3. The zero-order valence-electron chi connectivity index (χ0n) is 16.7. The molecule has 0 fully saturated rings. The van der Waals surface area contributed by atoms with Crippen LogP contribution in [0, 0.1) is 12.7 Å². The maximum absolute atomic E-state index is 13.3. The summed E-state index contributed by atoms with van der Waals surface area (Å²) < 4.78 is 68.7. The Balaban J connectivity index is 1.60. The Morgan fingerprint density at radius 2 is 1.65 bits per heavy atom. The summed E-state index contributed by atoms with van der Waals surface area (Å²) >= 11 is 0. The molecule has 0 unspecified atom stereocenters. The van der Waals surface area contributed by atoms with Gasteiger partial charge in [0.25, 0.3) is 10.0 Å². The Kier molecular flexibility index (Phi) is 5.59. The largest absolute Gasteiger partial charge is 0.280 e. The molecule has 1 aliphatic rings. The Bertz CT molecular complexity index is 1340. The van der Waals surface area contributed by atoms with Crippen LogP contribution in [-0.2, 0) is 33.0 Å². The van der Waals surface area contributed by atoms with Crippen LogP contribution in [0.5, 0.6) is 0 Å². The third-order valence-corrected chi connectivity index (χ3v) is 8.64. The third-order valence-electron chi connectivity index (χ3n) is 5.24. The average molecular weight is 461 g/mol. The van der Waals surface area contributed by atoms with E-state index in [1.165, 1.54) is 17.3 Å². The van der Waals surface area contributed by atoms with Crippen molar-refractivity contribution in [3.63, 3.8) is 0 Å². The van der Waals surface area contributed by atoms with Gasteiger partial charge in [0.15, 0.2) is 0 Å². The van der Waals surface area contributed by atoms with E-state index in [4.69, 9.17) is 0 Å². The minimum atomic E-state index is -3.92. The van der Waals surface area contributed by atoms with Crippen molar-refractivity contribution in [1.29, 1.82) is 0 Å². The van der Waals surface area contributed by atoms with Gasteiger partial charge in [0.1, 0.15) is 5.82 Å². The maximum atomic E-state index is 13.3. The summed E-state index contributed by atoms with van der Waals surface area (Å²) in [5.74, 6) is -0.509. The summed E-state index contributed by atoms with van der Waals surface area (Å²) in [7, 11) is -7.57. The fraction of sp³-hybridized carbons (Fsp3) is 0.182. The van der Waals surface area contributed by atoms with Gasteiger partial charge < -0.3 is 0 Å². The first-order valence-corrected chi connectivity index (χ1v) is 12.6. The number of halogens is 1. The Hall–Kier alpha value is -2.75. The first-order valence-electron chi connectivity index (χ1n) is 9.63. The molecular formula is C22H21FN2O4S2. The van der Waals surface area contributed by atoms with Crippen molar-refractivity contribution in [2.75, 3.05) is 11.3 Å². The molecule has 3 aromatic carbocycles. The van der Waals surface area contributed by atoms with E-state index in [0.717, 1.165) is 23.3 Å². The average Bonchev–Trinajstić information content (AvgIpc) is 2.73. The second-order valence-electron chi connectivity index (χ2n) is 7.40. The molecule has 0 bridgehead atoms. The SMILES string of the molecule is Cc1cc(F)ccc1S(=O)(=O)Nc1ccc2c(c1)CN(S(=O)(=O)c1ccccc1)CC2. The molecule has 0 amide bonds. The lowest BCUT2D eigenvalue weighted by Crippen LogP contribution is -2.36. The lowest BCUT2D eigenvalue weighted by Gasteiger charge is -2.28. The summed E-state index contributed by atoms with van der Waals surface area (Å²) in [5.41, 5.74) is 2.33. The Morgan fingerprint density at radius 1 is 0.903 bits per heavy atom. The minimum Gasteiger partial charge on any atom is -0.280 e. The molecule has 1 aliphatic heterocycles. The van der Waals surface area contributed by atoms with Crippen LogP contribution in [0.25, 0.3) is 0 Å². The number of sulfonamides is 2. The van der Waals surface area contributed by atoms with Crippen LogP contribution >= 0.6 is 0 Å². The number of nitrogens with one attached hydrogen (secondary N) is 1. The van der Waals surface area contributed by atoms with E-state index in [1.54, 1.807) is 48.5 Å². The van der Waals surface area contributed by atoms with Crippen LogP contribution in [-0.4, -0.2) is 27.7 Å². The number of hydrogen-bond acceptors (Lipinski definition) is 4. The van der Waals surface area contributed by atoms with Gasteiger partial charge in [0.05, 0.1) is 9.79 Å². The Labute approximate surface area is 181 Å². The van der Waals surface area contributed by atoms with Crippen LogP contribution in [0.3, 0.4) is 0 Å². The Morgan fingerprint density at radius 3 is 2.35 bits per heavy atom. The van der Waals surface area contributed by atoms with Crippen molar-refractivity contribution in [3.05, 3.63) is 89.2 Å². The highest BCUT2D eigenvalue weighted by atomic mass is 32.2. The predicted octanol–water partition coefficient (Wildman–Crippen LogP) is 3.68. The predicted molar refractivity (Wildman–Crippen MR) is 116 cm³/mol. The van der Waals surface area contributed by atoms with Crippen molar-refractivity contribution in [3.8, 4) is 0 Å². The van der Waals surface area contributed by atoms with Crippen LogP contribution in [0.15, 0.2) is 76.5 Å². The molecule has 0 spiro atoms. The van der Waals surface area contributed by atoms with Crippen LogP contribution in [0.1, 0.15) is 16.7 Å². The second kappa shape index (κ2) is 8.07. The van der Waals surface area contributed by atoms with E-state index < -0.39 is 25.9 Å². The molecule has 162 valence electrons. The molecule has 31 heavy (non-hydrogen) atoms. The number of fused-ring (bicyclic) bond motifs is 1. The number of anilines is 1. The monoisotopic (exact) mass is 460 g/mol. The number of rotatable bonds is 5. The maximum Gasteiger partial charge on any atom is 0.262 e. The normalized spacial score (nSPS) is 14.8. The molecule has 9 heteroatoms. The van der Waals surface area contributed by atoms with E-state index in [1.807, 2.05) is 0 Å². The summed E-state index contributed by atoms with van der Waals surface area (Å²) in [4.78, 5) is 0.210. The first kappa shape index (κ1) is 21.5. The number of benzene rings is 3. The van der Waals surface area contributed by atoms with Crippen molar-refractivity contribution in [1.82, 2.24) is 4.31 Å². The number of nitrogens with zero attached hydrogens (tertiary/aromatic N) is 1. The highest BCUT2D eigenvalue weighted by Crippen LogP contribution is 2.28.